The molecule has 0 saturated heterocycles. The maximum atomic E-state index is 12.6. The number of nitrogens with one attached hydrogen (secondary N) is 3. The lowest BCUT2D eigenvalue weighted by molar-refractivity contribution is -0.114. The Morgan fingerprint density at radius 1 is 0.886 bits per heavy atom. The molecule has 4 aromatic rings. The Bertz CT molecular complexity index is 1460. The lowest BCUT2D eigenvalue weighted by Gasteiger charge is -2.09. The first kappa shape index (κ1) is 23.5. The van der Waals surface area contributed by atoms with Crippen molar-refractivity contribution in [3.63, 3.8) is 0 Å². The van der Waals surface area contributed by atoms with Gasteiger partial charge < -0.3 is 15.4 Å². The lowest BCUT2D eigenvalue weighted by Crippen LogP contribution is -2.18. The fourth-order valence-electron chi connectivity index (χ4n) is 3.02. The maximum absolute atomic E-state index is 12.6. The SMILES string of the molecule is CNC(=O)c1cc(Oc2ccc3nnc(NC(=O)c4ccc(NC(C)=O)c(Cl)c4)nc3c2)ccn1. The Kier molecular flexibility index (Phi) is 6.78. The van der Waals surface area contributed by atoms with Crippen LogP contribution in [0.2, 0.25) is 5.02 Å². The molecular formula is C23H18ClN7O4. The molecule has 0 saturated carbocycles. The number of benzene rings is 2. The molecule has 4 rings (SSSR count). The molecule has 3 amide bonds. The van der Waals surface area contributed by atoms with Crippen LogP contribution in [-0.2, 0) is 4.79 Å². The number of aromatic nitrogens is 4. The fraction of sp³-hybridized carbons (Fsp3) is 0.0870. The number of rotatable bonds is 6. The van der Waals surface area contributed by atoms with Gasteiger partial charge in [-0.05, 0) is 36.4 Å². The summed E-state index contributed by atoms with van der Waals surface area (Å²) in [4.78, 5) is 44.0. The summed E-state index contributed by atoms with van der Waals surface area (Å²) in [6, 6.07) is 12.5. The Morgan fingerprint density at radius 3 is 2.43 bits per heavy atom. The molecule has 0 atom stereocenters. The third-order valence-corrected chi connectivity index (χ3v) is 4.93. The van der Waals surface area contributed by atoms with Crippen LogP contribution in [0, 0.1) is 0 Å². The van der Waals surface area contributed by atoms with Gasteiger partial charge in [0.15, 0.2) is 0 Å². The third-order valence-electron chi connectivity index (χ3n) is 4.62. The van der Waals surface area contributed by atoms with Gasteiger partial charge in [-0.25, -0.2) is 4.98 Å². The van der Waals surface area contributed by atoms with Crippen molar-refractivity contribution in [1.82, 2.24) is 25.5 Å². The van der Waals surface area contributed by atoms with Gasteiger partial charge in [0.2, 0.25) is 11.9 Å². The molecule has 3 N–H and O–H groups in total. The van der Waals surface area contributed by atoms with Crippen LogP contribution in [0.5, 0.6) is 11.5 Å². The number of hydrogen-bond acceptors (Lipinski definition) is 8. The van der Waals surface area contributed by atoms with E-state index in [0.717, 1.165) is 0 Å². The minimum absolute atomic E-state index is 0.0208. The minimum atomic E-state index is -0.506. The summed E-state index contributed by atoms with van der Waals surface area (Å²) in [5, 5.41) is 15.9. The zero-order chi connectivity index (χ0) is 24.9. The van der Waals surface area contributed by atoms with Crippen LogP contribution < -0.4 is 20.7 Å². The van der Waals surface area contributed by atoms with Crippen LogP contribution in [0.4, 0.5) is 11.6 Å². The molecule has 2 aromatic heterocycles. The Balaban J connectivity index is 1.52. The molecule has 12 heteroatoms. The van der Waals surface area contributed by atoms with Crippen molar-refractivity contribution in [2.75, 3.05) is 17.7 Å². The first-order valence-corrected chi connectivity index (χ1v) is 10.6. The van der Waals surface area contributed by atoms with Crippen molar-refractivity contribution in [3.05, 3.63) is 71.0 Å². The number of pyridine rings is 1. The van der Waals surface area contributed by atoms with Crippen LogP contribution in [0.1, 0.15) is 27.8 Å². The zero-order valence-electron chi connectivity index (χ0n) is 18.5. The van der Waals surface area contributed by atoms with E-state index in [9.17, 15) is 14.4 Å². The highest BCUT2D eigenvalue weighted by atomic mass is 35.5. The Labute approximate surface area is 203 Å². The zero-order valence-corrected chi connectivity index (χ0v) is 19.3. The van der Waals surface area contributed by atoms with Crippen molar-refractivity contribution in [2.45, 2.75) is 6.92 Å². The van der Waals surface area contributed by atoms with E-state index in [0.29, 0.717) is 28.2 Å². The molecule has 2 heterocycles. The highest BCUT2D eigenvalue weighted by Gasteiger charge is 2.13. The molecule has 0 aliphatic carbocycles. The highest BCUT2D eigenvalue weighted by Crippen LogP contribution is 2.26. The second kappa shape index (κ2) is 10.1. The van der Waals surface area contributed by atoms with Crippen LogP contribution >= 0.6 is 11.6 Å². The van der Waals surface area contributed by atoms with Gasteiger partial charge in [0.05, 0.1) is 16.2 Å². The molecule has 0 radical (unpaired) electrons. The number of carbonyl (C=O) groups is 3. The third kappa shape index (κ3) is 5.65. The topological polar surface area (TPSA) is 148 Å². The number of amides is 3. The van der Waals surface area contributed by atoms with E-state index in [4.69, 9.17) is 16.3 Å². The summed E-state index contributed by atoms with van der Waals surface area (Å²) in [6.07, 6.45) is 1.47. The van der Waals surface area contributed by atoms with Gasteiger partial charge in [0.1, 0.15) is 22.7 Å². The number of nitrogens with zero attached hydrogens (tertiary/aromatic N) is 4. The molecular weight excluding hydrogens is 474 g/mol. The van der Waals surface area contributed by atoms with E-state index in [1.807, 2.05) is 0 Å². The first-order chi connectivity index (χ1) is 16.8. The monoisotopic (exact) mass is 491 g/mol. The quantitative estimate of drug-likeness (QED) is 0.371. The molecule has 0 aliphatic rings. The van der Waals surface area contributed by atoms with Gasteiger partial charge in [0.25, 0.3) is 11.8 Å². The van der Waals surface area contributed by atoms with Crippen molar-refractivity contribution >= 4 is 52.0 Å². The summed E-state index contributed by atoms with van der Waals surface area (Å²) >= 11 is 6.14. The molecule has 11 nitrogen and oxygen atoms in total. The normalized spacial score (nSPS) is 10.5. The van der Waals surface area contributed by atoms with Gasteiger partial charge in [-0.15, -0.1) is 10.2 Å². The first-order valence-electron chi connectivity index (χ1n) is 10.2. The van der Waals surface area contributed by atoms with Gasteiger partial charge in [-0.2, -0.15) is 0 Å². The van der Waals surface area contributed by atoms with Gasteiger partial charge in [-0.1, -0.05) is 11.6 Å². The highest BCUT2D eigenvalue weighted by molar-refractivity contribution is 6.34. The van der Waals surface area contributed by atoms with Crippen molar-refractivity contribution < 1.29 is 19.1 Å². The van der Waals surface area contributed by atoms with Crippen molar-refractivity contribution in [1.29, 1.82) is 0 Å². The molecule has 0 spiro atoms. The van der Waals surface area contributed by atoms with Gasteiger partial charge >= 0.3 is 0 Å². The van der Waals surface area contributed by atoms with Gasteiger partial charge in [0, 0.05) is 37.9 Å². The van der Waals surface area contributed by atoms with Crippen molar-refractivity contribution in [3.8, 4) is 11.5 Å². The molecule has 2 aromatic carbocycles. The molecule has 0 bridgehead atoms. The van der Waals surface area contributed by atoms with E-state index >= 15 is 0 Å². The van der Waals surface area contributed by atoms with Crippen LogP contribution in [0.3, 0.4) is 0 Å². The minimum Gasteiger partial charge on any atom is -0.457 e. The summed E-state index contributed by atoms with van der Waals surface area (Å²) in [5.41, 5.74) is 1.76. The number of fused-ring (bicyclic) bond motifs is 1. The van der Waals surface area contributed by atoms with E-state index in [1.54, 1.807) is 24.3 Å². The molecule has 0 aliphatic heterocycles. The van der Waals surface area contributed by atoms with E-state index in [1.165, 1.54) is 44.4 Å². The largest absolute Gasteiger partial charge is 0.457 e. The summed E-state index contributed by atoms with van der Waals surface area (Å²) < 4.78 is 5.82. The number of carbonyl (C=O) groups excluding carboxylic acids is 3. The maximum Gasteiger partial charge on any atom is 0.269 e. The Hall–Kier alpha value is -4.64. The van der Waals surface area contributed by atoms with Crippen molar-refractivity contribution in [2.24, 2.45) is 0 Å². The standard InChI is InChI=1S/C23H18ClN7O4/c1-12(32)27-17-5-3-13(9-16(17)24)21(33)29-23-28-19-10-14(4-6-18(19)30-31-23)35-15-7-8-26-20(11-15)22(34)25-2/h3-11H,1-2H3,(H,25,34)(H,27,32)(H,28,29,31,33). The van der Waals surface area contributed by atoms with E-state index in [-0.39, 0.29) is 34.0 Å². The van der Waals surface area contributed by atoms with Crippen LogP contribution in [-0.4, -0.2) is 44.9 Å². The molecule has 0 fully saturated rings. The predicted octanol–water partition coefficient (Wildman–Crippen LogP) is 3.44. The average Bonchev–Trinajstić information content (AvgIpc) is 2.84. The second-order valence-corrected chi connectivity index (χ2v) is 7.58. The van der Waals surface area contributed by atoms with Crippen LogP contribution in [0.15, 0.2) is 54.7 Å². The summed E-state index contributed by atoms with van der Waals surface area (Å²) in [5.74, 6) is -0.296. The number of anilines is 2. The van der Waals surface area contributed by atoms with Crippen LogP contribution in [0.25, 0.3) is 11.0 Å². The Morgan fingerprint density at radius 2 is 1.69 bits per heavy atom. The summed E-state index contributed by atoms with van der Waals surface area (Å²) in [6.45, 7) is 1.36. The summed E-state index contributed by atoms with van der Waals surface area (Å²) in [7, 11) is 1.51. The van der Waals surface area contributed by atoms with Gasteiger partial charge in [-0.3, -0.25) is 24.7 Å². The lowest BCUT2D eigenvalue weighted by atomic mass is 10.2. The fourth-order valence-corrected chi connectivity index (χ4v) is 3.24. The number of ether oxygens (including phenoxy) is 1. The molecule has 0 unspecified atom stereocenters. The predicted molar refractivity (Wildman–Crippen MR) is 129 cm³/mol. The molecule has 35 heavy (non-hydrogen) atoms. The molecule has 176 valence electrons. The average molecular weight is 492 g/mol. The second-order valence-electron chi connectivity index (χ2n) is 7.17. The number of halogens is 1. The smallest absolute Gasteiger partial charge is 0.269 e. The number of hydrogen-bond donors (Lipinski definition) is 3. The van der Waals surface area contributed by atoms with E-state index < -0.39 is 5.91 Å². The van der Waals surface area contributed by atoms with E-state index in [2.05, 4.69) is 36.1 Å².